The summed E-state index contributed by atoms with van der Waals surface area (Å²) in [5.41, 5.74) is 0.778. The lowest BCUT2D eigenvalue weighted by atomic mass is 10.1. The Balaban J connectivity index is 2.52. The molecule has 0 aliphatic rings. The van der Waals surface area contributed by atoms with Crippen LogP contribution in [0.3, 0.4) is 0 Å². The van der Waals surface area contributed by atoms with Crippen LogP contribution in [0.4, 0.5) is 10.1 Å². The van der Waals surface area contributed by atoms with Crippen LogP contribution >= 0.6 is 0 Å². The summed E-state index contributed by atoms with van der Waals surface area (Å²) in [6, 6.07) is 7.18. The number of hydrogen-bond donors (Lipinski definition) is 0. The molecule has 0 fully saturated rings. The van der Waals surface area contributed by atoms with Crippen molar-refractivity contribution in [3.8, 4) is 0 Å². The maximum absolute atomic E-state index is 13.9. The molecule has 0 spiro atoms. The largest absolute Gasteiger partial charge is 0.369 e. The molecule has 1 aromatic rings. The molecule has 114 valence electrons. The van der Waals surface area contributed by atoms with Gasteiger partial charge in [0.15, 0.2) is 0 Å². The molecule has 0 aromatic heterocycles. The Morgan fingerprint density at radius 3 is 1.85 bits per heavy atom. The number of para-hydroxylation sites is 1. The zero-order valence-corrected chi connectivity index (χ0v) is 13.2. The van der Waals surface area contributed by atoms with Crippen LogP contribution in [0.1, 0.15) is 65.2 Å². The Hall–Kier alpha value is -1.05. The molecule has 0 heterocycles. The third-order valence-electron chi connectivity index (χ3n) is 3.76. The predicted molar refractivity (Wildman–Crippen MR) is 86.9 cm³/mol. The van der Waals surface area contributed by atoms with Gasteiger partial charge in [-0.1, -0.05) is 64.5 Å². The highest BCUT2D eigenvalue weighted by atomic mass is 19.1. The Bertz CT molecular complexity index is 339. The van der Waals surface area contributed by atoms with Crippen molar-refractivity contribution in [2.75, 3.05) is 18.0 Å². The molecule has 0 unspecified atom stereocenters. The number of nitrogens with zero attached hydrogens (tertiary/aromatic N) is 1. The average molecular weight is 279 g/mol. The molecule has 1 rings (SSSR count). The van der Waals surface area contributed by atoms with Crippen LogP contribution in [0.25, 0.3) is 0 Å². The van der Waals surface area contributed by atoms with E-state index in [0.717, 1.165) is 31.6 Å². The lowest BCUT2D eigenvalue weighted by Crippen LogP contribution is -2.26. The van der Waals surface area contributed by atoms with E-state index in [1.807, 2.05) is 12.1 Å². The van der Waals surface area contributed by atoms with E-state index in [4.69, 9.17) is 0 Å². The van der Waals surface area contributed by atoms with E-state index < -0.39 is 0 Å². The summed E-state index contributed by atoms with van der Waals surface area (Å²) >= 11 is 0. The topological polar surface area (TPSA) is 3.24 Å². The molecule has 1 nitrogen and oxygen atoms in total. The fraction of sp³-hybridized carbons (Fsp3) is 0.667. The molecule has 0 atom stereocenters. The number of unbranched alkanes of at least 4 members (excludes halogenated alkanes) is 6. The van der Waals surface area contributed by atoms with Crippen molar-refractivity contribution < 1.29 is 4.39 Å². The van der Waals surface area contributed by atoms with Gasteiger partial charge in [-0.3, -0.25) is 0 Å². The maximum atomic E-state index is 13.9. The Morgan fingerprint density at radius 1 is 0.800 bits per heavy atom. The number of anilines is 1. The van der Waals surface area contributed by atoms with E-state index in [2.05, 4.69) is 18.7 Å². The third-order valence-corrected chi connectivity index (χ3v) is 3.76. The van der Waals surface area contributed by atoms with Crippen LogP contribution in [0.15, 0.2) is 24.3 Å². The zero-order chi connectivity index (χ0) is 14.6. The van der Waals surface area contributed by atoms with Gasteiger partial charge in [0, 0.05) is 13.1 Å². The van der Waals surface area contributed by atoms with E-state index in [-0.39, 0.29) is 5.82 Å². The van der Waals surface area contributed by atoms with Gasteiger partial charge in [-0.25, -0.2) is 4.39 Å². The molecule has 0 amide bonds. The zero-order valence-electron chi connectivity index (χ0n) is 13.2. The van der Waals surface area contributed by atoms with Gasteiger partial charge in [0.1, 0.15) is 5.82 Å². The van der Waals surface area contributed by atoms with Crippen LogP contribution in [0.5, 0.6) is 0 Å². The molecule has 0 bridgehead atoms. The first kappa shape index (κ1) is 17.0. The van der Waals surface area contributed by atoms with Gasteiger partial charge in [-0.2, -0.15) is 0 Å². The minimum absolute atomic E-state index is 0.0847. The molecular weight excluding hydrogens is 249 g/mol. The first-order chi connectivity index (χ1) is 9.79. The summed E-state index contributed by atoms with van der Waals surface area (Å²) in [5, 5.41) is 0. The van der Waals surface area contributed by atoms with Crippen LogP contribution in [0.2, 0.25) is 0 Å². The molecule has 0 N–H and O–H groups in total. The maximum Gasteiger partial charge on any atom is 0.146 e. The molecule has 0 saturated carbocycles. The van der Waals surface area contributed by atoms with Crippen LogP contribution < -0.4 is 4.90 Å². The van der Waals surface area contributed by atoms with Crippen molar-refractivity contribution in [3.05, 3.63) is 30.1 Å². The fourth-order valence-electron chi connectivity index (χ4n) is 2.52. The Labute approximate surface area is 124 Å². The second-order valence-electron chi connectivity index (χ2n) is 5.56. The second-order valence-corrected chi connectivity index (χ2v) is 5.56. The van der Waals surface area contributed by atoms with E-state index in [1.165, 1.54) is 38.5 Å². The van der Waals surface area contributed by atoms with Crippen LogP contribution in [-0.4, -0.2) is 13.1 Å². The minimum Gasteiger partial charge on any atom is -0.369 e. The Morgan fingerprint density at radius 2 is 1.35 bits per heavy atom. The molecule has 1 aromatic carbocycles. The highest BCUT2D eigenvalue weighted by molar-refractivity contribution is 5.47. The van der Waals surface area contributed by atoms with Gasteiger partial charge in [-0.15, -0.1) is 0 Å². The van der Waals surface area contributed by atoms with E-state index in [0.29, 0.717) is 0 Å². The van der Waals surface area contributed by atoms with Gasteiger partial charge < -0.3 is 4.90 Å². The van der Waals surface area contributed by atoms with Crippen LogP contribution in [-0.2, 0) is 0 Å². The van der Waals surface area contributed by atoms with E-state index in [1.54, 1.807) is 12.1 Å². The molecule has 0 aliphatic carbocycles. The van der Waals surface area contributed by atoms with Crippen molar-refractivity contribution in [2.24, 2.45) is 0 Å². The molecule has 2 heteroatoms. The fourth-order valence-corrected chi connectivity index (χ4v) is 2.52. The summed E-state index contributed by atoms with van der Waals surface area (Å²) in [4.78, 5) is 2.24. The number of hydrogen-bond acceptors (Lipinski definition) is 1. The summed E-state index contributed by atoms with van der Waals surface area (Å²) in [6.07, 6.45) is 9.87. The monoisotopic (exact) mass is 279 g/mol. The van der Waals surface area contributed by atoms with Gasteiger partial charge in [0.05, 0.1) is 5.69 Å². The van der Waals surface area contributed by atoms with Crippen molar-refractivity contribution in [3.63, 3.8) is 0 Å². The Kier molecular flexibility index (Phi) is 9.10. The van der Waals surface area contributed by atoms with Crippen molar-refractivity contribution >= 4 is 5.69 Å². The lowest BCUT2D eigenvalue weighted by molar-refractivity contribution is 0.583. The van der Waals surface area contributed by atoms with Gasteiger partial charge >= 0.3 is 0 Å². The number of benzene rings is 1. The molecule has 0 saturated heterocycles. The molecule has 0 radical (unpaired) electrons. The molecular formula is C18H30FN. The number of rotatable bonds is 11. The van der Waals surface area contributed by atoms with Crippen molar-refractivity contribution in [1.29, 1.82) is 0 Å². The normalized spacial score (nSPS) is 10.8. The first-order valence-corrected chi connectivity index (χ1v) is 8.29. The summed E-state index contributed by atoms with van der Waals surface area (Å²) in [5.74, 6) is -0.0847. The standard InChI is InChI=1S/C18H30FN/c1-3-5-7-11-15-20(16-12-8-6-4-2)18-14-10-9-13-17(18)19/h9-10,13-14H,3-8,11-12,15-16H2,1-2H3. The summed E-state index contributed by atoms with van der Waals surface area (Å²) in [7, 11) is 0. The summed E-state index contributed by atoms with van der Waals surface area (Å²) < 4.78 is 13.9. The SMILES string of the molecule is CCCCCCN(CCCCCC)c1ccccc1F. The lowest BCUT2D eigenvalue weighted by Gasteiger charge is -2.25. The third kappa shape index (κ3) is 6.40. The molecule has 20 heavy (non-hydrogen) atoms. The quantitative estimate of drug-likeness (QED) is 0.463. The highest BCUT2D eigenvalue weighted by Gasteiger charge is 2.10. The second kappa shape index (κ2) is 10.7. The average Bonchev–Trinajstić information content (AvgIpc) is 2.46. The van der Waals surface area contributed by atoms with Gasteiger partial charge in [-0.05, 0) is 25.0 Å². The summed E-state index contributed by atoms with van der Waals surface area (Å²) in [6.45, 7) is 6.40. The highest BCUT2D eigenvalue weighted by Crippen LogP contribution is 2.20. The van der Waals surface area contributed by atoms with Crippen LogP contribution in [0, 0.1) is 5.82 Å². The minimum atomic E-state index is -0.0847. The van der Waals surface area contributed by atoms with E-state index in [9.17, 15) is 4.39 Å². The van der Waals surface area contributed by atoms with Crippen molar-refractivity contribution in [1.82, 2.24) is 0 Å². The van der Waals surface area contributed by atoms with E-state index >= 15 is 0 Å². The van der Waals surface area contributed by atoms with Crippen molar-refractivity contribution in [2.45, 2.75) is 65.2 Å². The van der Waals surface area contributed by atoms with Gasteiger partial charge in [0.2, 0.25) is 0 Å². The first-order valence-electron chi connectivity index (χ1n) is 8.29. The molecule has 0 aliphatic heterocycles. The predicted octanol–water partition coefficient (Wildman–Crippen LogP) is 5.79. The number of halogens is 1. The smallest absolute Gasteiger partial charge is 0.146 e. The van der Waals surface area contributed by atoms with Gasteiger partial charge in [0.25, 0.3) is 0 Å².